The van der Waals surface area contributed by atoms with Crippen molar-refractivity contribution < 1.29 is 4.79 Å². The van der Waals surface area contributed by atoms with Crippen molar-refractivity contribution in [3.05, 3.63) is 57.8 Å². The van der Waals surface area contributed by atoms with Crippen molar-refractivity contribution in [2.24, 2.45) is 11.7 Å². The Balaban J connectivity index is 2.01. The Kier molecular flexibility index (Phi) is 5.10. The van der Waals surface area contributed by atoms with Crippen molar-refractivity contribution in [2.45, 2.75) is 32.7 Å². The van der Waals surface area contributed by atoms with E-state index in [0.717, 1.165) is 16.9 Å². The molecule has 106 valence electrons. The van der Waals surface area contributed by atoms with Crippen LogP contribution in [0.15, 0.2) is 42.5 Å². The van der Waals surface area contributed by atoms with E-state index in [1.54, 1.807) is 11.3 Å². The Morgan fingerprint density at radius 3 is 2.40 bits per heavy atom. The first kappa shape index (κ1) is 14.9. The lowest BCUT2D eigenvalue weighted by Crippen LogP contribution is -2.27. The second-order valence-corrected chi connectivity index (χ2v) is 6.34. The average Bonchev–Trinajstić information content (AvgIpc) is 2.94. The normalized spacial score (nSPS) is 13.9. The summed E-state index contributed by atoms with van der Waals surface area (Å²) < 4.78 is 0. The maximum atomic E-state index is 12.4. The van der Waals surface area contributed by atoms with Gasteiger partial charge in [-0.05, 0) is 24.1 Å². The number of carbonyl (C=O) groups excluding carboxylic acids is 1. The van der Waals surface area contributed by atoms with Gasteiger partial charge < -0.3 is 5.73 Å². The number of hydrogen-bond donors (Lipinski definition) is 1. The van der Waals surface area contributed by atoms with Gasteiger partial charge in [0.2, 0.25) is 0 Å². The molecule has 0 radical (unpaired) electrons. The van der Waals surface area contributed by atoms with Gasteiger partial charge >= 0.3 is 0 Å². The lowest BCUT2D eigenvalue weighted by atomic mass is 9.90. The van der Waals surface area contributed by atoms with Gasteiger partial charge in [-0.1, -0.05) is 44.2 Å². The lowest BCUT2D eigenvalue weighted by molar-refractivity contribution is -0.122. The molecular weight excluding hydrogens is 266 g/mol. The molecule has 0 aliphatic rings. The van der Waals surface area contributed by atoms with Crippen LogP contribution in [0.4, 0.5) is 0 Å². The van der Waals surface area contributed by atoms with Crippen molar-refractivity contribution >= 4 is 17.1 Å². The third-order valence-electron chi connectivity index (χ3n) is 3.65. The zero-order chi connectivity index (χ0) is 14.5. The molecule has 1 aromatic carbocycles. The fourth-order valence-electron chi connectivity index (χ4n) is 2.20. The Bertz CT molecular complexity index is 561. The smallest absolute Gasteiger partial charge is 0.142 e. The first-order chi connectivity index (χ1) is 9.61. The standard InChI is InChI=1S/C17H21NOS/c1-3-14-9-10-15(20-14)11-16(19)12(2)17(18)13-7-5-4-6-8-13/h4-10,12,17H,3,11,18H2,1-2H3. The summed E-state index contributed by atoms with van der Waals surface area (Å²) in [6.45, 7) is 4.06. The third-order valence-corrected chi connectivity index (χ3v) is 4.87. The number of carbonyl (C=O) groups is 1. The van der Waals surface area contributed by atoms with Crippen molar-refractivity contribution in [1.29, 1.82) is 0 Å². The number of rotatable bonds is 6. The minimum Gasteiger partial charge on any atom is -0.323 e. The summed E-state index contributed by atoms with van der Waals surface area (Å²) in [7, 11) is 0. The molecule has 2 aromatic rings. The van der Waals surface area contributed by atoms with Gasteiger partial charge in [0.05, 0.1) is 0 Å². The molecule has 0 saturated heterocycles. The van der Waals surface area contributed by atoms with E-state index in [2.05, 4.69) is 19.1 Å². The van der Waals surface area contributed by atoms with Crippen LogP contribution >= 0.6 is 11.3 Å². The van der Waals surface area contributed by atoms with Crippen LogP contribution in [0.2, 0.25) is 0 Å². The average molecular weight is 287 g/mol. The lowest BCUT2D eigenvalue weighted by Gasteiger charge is -2.19. The zero-order valence-corrected chi connectivity index (χ0v) is 12.8. The minimum atomic E-state index is -0.227. The highest BCUT2D eigenvalue weighted by Crippen LogP contribution is 2.23. The van der Waals surface area contributed by atoms with E-state index in [9.17, 15) is 4.79 Å². The van der Waals surface area contributed by atoms with Gasteiger partial charge in [0, 0.05) is 28.1 Å². The highest BCUT2D eigenvalue weighted by atomic mass is 32.1. The molecule has 0 aliphatic carbocycles. The largest absolute Gasteiger partial charge is 0.323 e. The van der Waals surface area contributed by atoms with E-state index in [1.807, 2.05) is 37.3 Å². The van der Waals surface area contributed by atoms with Crippen molar-refractivity contribution in [1.82, 2.24) is 0 Å². The Hall–Kier alpha value is -1.45. The quantitative estimate of drug-likeness (QED) is 0.879. The highest BCUT2D eigenvalue weighted by molar-refractivity contribution is 7.12. The maximum absolute atomic E-state index is 12.4. The van der Waals surface area contributed by atoms with Crippen LogP contribution in [-0.2, 0) is 17.6 Å². The van der Waals surface area contributed by atoms with Gasteiger partial charge in [-0.25, -0.2) is 0 Å². The molecule has 2 N–H and O–H groups in total. The van der Waals surface area contributed by atoms with Gasteiger partial charge in [0.25, 0.3) is 0 Å². The van der Waals surface area contributed by atoms with Crippen molar-refractivity contribution in [3.8, 4) is 0 Å². The third kappa shape index (κ3) is 3.56. The number of thiophene rings is 1. The molecule has 2 unspecified atom stereocenters. The first-order valence-corrected chi connectivity index (χ1v) is 7.84. The summed E-state index contributed by atoms with van der Waals surface area (Å²) in [5.74, 6) is 0.0513. The predicted octanol–water partition coefficient (Wildman–Crippen LogP) is 3.76. The van der Waals surface area contributed by atoms with Crippen LogP contribution < -0.4 is 5.73 Å². The molecule has 2 atom stereocenters. The molecule has 0 amide bonds. The summed E-state index contributed by atoms with van der Waals surface area (Å²) in [5, 5.41) is 0. The second-order valence-electron chi connectivity index (χ2n) is 5.09. The molecule has 0 bridgehead atoms. The van der Waals surface area contributed by atoms with Gasteiger partial charge in [0.15, 0.2) is 0 Å². The van der Waals surface area contributed by atoms with Crippen molar-refractivity contribution in [2.75, 3.05) is 0 Å². The molecule has 2 rings (SSSR count). The monoisotopic (exact) mass is 287 g/mol. The Labute approximate surface area is 124 Å². The molecule has 0 spiro atoms. The summed E-state index contributed by atoms with van der Waals surface area (Å²) >= 11 is 1.72. The molecule has 20 heavy (non-hydrogen) atoms. The number of ketones is 1. The molecule has 1 aromatic heterocycles. The summed E-state index contributed by atoms with van der Waals surface area (Å²) in [6, 6.07) is 13.8. The summed E-state index contributed by atoms with van der Waals surface area (Å²) in [4.78, 5) is 14.8. The van der Waals surface area contributed by atoms with Gasteiger partial charge in [-0.15, -0.1) is 11.3 Å². The minimum absolute atomic E-state index is 0.162. The summed E-state index contributed by atoms with van der Waals surface area (Å²) in [5.41, 5.74) is 7.23. The fourth-order valence-corrected chi connectivity index (χ4v) is 3.17. The Morgan fingerprint density at radius 1 is 1.15 bits per heavy atom. The number of nitrogens with two attached hydrogens (primary N) is 1. The van der Waals surface area contributed by atoms with Crippen LogP contribution in [-0.4, -0.2) is 5.78 Å². The second kappa shape index (κ2) is 6.82. The molecule has 0 aliphatic heterocycles. The predicted molar refractivity (Wildman–Crippen MR) is 84.9 cm³/mol. The fraction of sp³-hybridized carbons (Fsp3) is 0.353. The van der Waals surface area contributed by atoms with Crippen LogP contribution in [0.25, 0.3) is 0 Å². The van der Waals surface area contributed by atoms with E-state index in [-0.39, 0.29) is 17.7 Å². The first-order valence-electron chi connectivity index (χ1n) is 7.02. The Morgan fingerprint density at radius 2 is 1.80 bits per heavy atom. The van der Waals surface area contributed by atoms with Crippen LogP contribution in [0, 0.1) is 5.92 Å². The SMILES string of the molecule is CCc1ccc(CC(=O)C(C)C(N)c2ccccc2)s1. The van der Waals surface area contributed by atoms with E-state index in [0.29, 0.717) is 6.42 Å². The number of Topliss-reactive ketones (excluding diaryl/α,β-unsaturated/α-hetero) is 1. The maximum Gasteiger partial charge on any atom is 0.142 e. The molecular formula is C17H21NOS. The van der Waals surface area contributed by atoms with Crippen LogP contribution in [0.1, 0.15) is 35.2 Å². The molecule has 2 nitrogen and oxygen atoms in total. The van der Waals surface area contributed by atoms with Gasteiger partial charge in [-0.2, -0.15) is 0 Å². The van der Waals surface area contributed by atoms with Crippen molar-refractivity contribution in [3.63, 3.8) is 0 Å². The topological polar surface area (TPSA) is 43.1 Å². The highest BCUT2D eigenvalue weighted by Gasteiger charge is 2.22. The van der Waals surface area contributed by atoms with Gasteiger partial charge in [-0.3, -0.25) is 4.79 Å². The van der Waals surface area contributed by atoms with Crippen LogP contribution in [0.5, 0.6) is 0 Å². The molecule has 0 saturated carbocycles. The van der Waals surface area contributed by atoms with E-state index in [1.165, 1.54) is 4.88 Å². The van der Waals surface area contributed by atoms with E-state index < -0.39 is 0 Å². The molecule has 0 fully saturated rings. The van der Waals surface area contributed by atoms with E-state index in [4.69, 9.17) is 5.73 Å². The summed E-state index contributed by atoms with van der Waals surface area (Å²) in [6.07, 6.45) is 1.52. The zero-order valence-electron chi connectivity index (χ0n) is 12.0. The van der Waals surface area contributed by atoms with Crippen LogP contribution in [0.3, 0.4) is 0 Å². The van der Waals surface area contributed by atoms with Gasteiger partial charge in [0.1, 0.15) is 5.78 Å². The number of benzene rings is 1. The molecule has 1 heterocycles. The number of aryl methyl sites for hydroxylation is 1. The van der Waals surface area contributed by atoms with E-state index >= 15 is 0 Å². The number of hydrogen-bond acceptors (Lipinski definition) is 3. The molecule has 3 heteroatoms.